The highest BCUT2D eigenvalue weighted by atomic mass is 19.4. The third-order valence-corrected chi connectivity index (χ3v) is 2.85. The zero-order valence-corrected chi connectivity index (χ0v) is 11.4. The molecule has 2 aromatic rings. The summed E-state index contributed by atoms with van der Waals surface area (Å²) in [6.45, 7) is 2.46. The van der Waals surface area contributed by atoms with Crippen molar-refractivity contribution in [2.24, 2.45) is 0 Å². The first-order valence-electron chi connectivity index (χ1n) is 6.47. The van der Waals surface area contributed by atoms with Crippen LogP contribution in [-0.4, -0.2) is 22.6 Å². The second kappa shape index (κ2) is 6.62. The summed E-state index contributed by atoms with van der Waals surface area (Å²) in [4.78, 5) is 6.98. The van der Waals surface area contributed by atoms with Crippen molar-refractivity contribution in [3.8, 4) is 5.75 Å². The van der Waals surface area contributed by atoms with Gasteiger partial charge in [0.1, 0.15) is 18.2 Å². The van der Waals surface area contributed by atoms with E-state index >= 15 is 0 Å². The van der Waals surface area contributed by atoms with Crippen molar-refractivity contribution >= 4 is 0 Å². The number of imidazole rings is 1. The number of H-pyrrole nitrogens is 1. The molecule has 1 atom stereocenters. The number of rotatable bonds is 6. The van der Waals surface area contributed by atoms with Crippen LogP contribution in [0.1, 0.15) is 18.3 Å². The molecule has 0 amide bonds. The first kappa shape index (κ1) is 15.4. The van der Waals surface area contributed by atoms with E-state index in [0.717, 1.165) is 11.9 Å². The van der Waals surface area contributed by atoms with Gasteiger partial charge in [-0.2, -0.15) is 13.2 Å². The SMILES string of the molecule is CC(COc1ccccc1C(F)(F)F)NCc1ncc[nH]1. The molecule has 114 valence electrons. The maximum absolute atomic E-state index is 12.8. The lowest BCUT2D eigenvalue weighted by Gasteiger charge is -2.17. The van der Waals surface area contributed by atoms with Gasteiger partial charge in [0.15, 0.2) is 0 Å². The van der Waals surface area contributed by atoms with E-state index < -0.39 is 11.7 Å². The minimum Gasteiger partial charge on any atom is -0.491 e. The summed E-state index contributed by atoms with van der Waals surface area (Å²) >= 11 is 0. The highest BCUT2D eigenvalue weighted by molar-refractivity contribution is 5.35. The third-order valence-electron chi connectivity index (χ3n) is 2.85. The molecule has 1 aromatic heterocycles. The fourth-order valence-corrected chi connectivity index (χ4v) is 1.77. The van der Waals surface area contributed by atoms with Crippen LogP contribution in [0, 0.1) is 0 Å². The van der Waals surface area contributed by atoms with Gasteiger partial charge in [0.25, 0.3) is 0 Å². The van der Waals surface area contributed by atoms with Crippen molar-refractivity contribution < 1.29 is 17.9 Å². The molecular formula is C14H16F3N3O. The topological polar surface area (TPSA) is 49.9 Å². The largest absolute Gasteiger partial charge is 0.491 e. The number of hydrogen-bond acceptors (Lipinski definition) is 3. The average Bonchev–Trinajstić information content (AvgIpc) is 2.95. The quantitative estimate of drug-likeness (QED) is 0.862. The second-order valence-corrected chi connectivity index (χ2v) is 4.62. The van der Waals surface area contributed by atoms with Gasteiger partial charge in [-0.05, 0) is 19.1 Å². The minimum absolute atomic E-state index is 0.114. The molecule has 4 nitrogen and oxygen atoms in total. The normalized spacial score (nSPS) is 13.1. The zero-order chi connectivity index (χ0) is 15.3. The Bertz CT molecular complexity index is 555. The fourth-order valence-electron chi connectivity index (χ4n) is 1.77. The lowest BCUT2D eigenvalue weighted by Crippen LogP contribution is -2.32. The van der Waals surface area contributed by atoms with Crippen molar-refractivity contribution in [2.45, 2.75) is 25.7 Å². The molecule has 0 spiro atoms. The molecule has 0 radical (unpaired) electrons. The van der Waals surface area contributed by atoms with Crippen LogP contribution in [0.4, 0.5) is 13.2 Å². The lowest BCUT2D eigenvalue weighted by molar-refractivity contribution is -0.139. The summed E-state index contributed by atoms with van der Waals surface area (Å²) in [6.07, 6.45) is -1.07. The van der Waals surface area contributed by atoms with Crippen molar-refractivity contribution in [2.75, 3.05) is 6.61 Å². The predicted molar refractivity (Wildman–Crippen MR) is 71.8 cm³/mol. The average molecular weight is 299 g/mol. The lowest BCUT2D eigenvalue weighted by atomic mass is 10.2. The van der Waals surface area contributed by atoms with Gasteiger partial charge in [-0.3, -0.25) is 0 Å². The summed E-state index contributed by atoms with van der Waals surface area (Å²) in [5, 5.41) is 3.11. The summed E-state index contributed by atoms with van der Waals surface area (Å²) in [7, 11) is 0. The Kier molecular flexibility index (Phi) is 4.85. The van der Waals surface area contributed by atoms with Crippen LogP contribution in [-0.2, 0) is 12.7 Å². The number of nitrogens with one attached hydrogen (secondary N) is 2. The van der Waals surface area contributed by atoms with Crippen LogP contribution < -0.4 is 10.1 Å². The van der Waals surface area contributed by atoms with Crippen molar-refractivity contribution in [3.05, 3.63) is 48.0 Å². The van der Waals surface area contributed by atoms with Crippen LogP contribution in [0.2, 0.25) is 0 Å². The van der Waals surface area contributed by atoms with E-state index in [-0.39, 0.29) is 18.4 Å². The molecule has 1 aromatic carbocycles. The Labute approximate surface area is 120 Å². The van der Waals surface area contributed by atoms with E-state index in [4.69, 9.17) is 4.74 Å². The molecule has 0 fully saturated rings. The molecular weight excluding hydrogens is 283 g/mol. The fraction of sp³-hybridized carbons (Fsp3) is 0.357. The molecule has 0 bridgehead atoms. The Morgan fingerprint density at radius 3 is 2.76 bits per heavy atom. The second-order valence-electron chi connectivity index (χ2n) is 4.62. The van der Waals surface area contributed by atoms with E-state index in [1.54, 1.807) is 12.4 Å². The monoisotopic (exact) mass is 299 g/mol. The highest BCUT2D eigenvalue weighted by Gasteiger charge is 2.34. The van der Waals surface area contributed by atoms with Gasteiger partial charge < -0.3 is 15.0 Å². The molecule has 0 aliphatic carbocycles. The van der Waals surface area contributed by atoms with Gasteiger partial charge in [-0.15, -0.1) is 0 Å². The van der Waals surface area contributed by atoms with E-state index in [1.807, 2.05) is 6.92 Å². The van der Waals surface area contributed by atoms with Crippen LogP contribution in [0.3, 0.4) is 0 Å². The minimum atomic E-state index is -4.42. The van der Waals surface area contributed by atoms with Crippen molar-refractivity contribution in [3.63, 3.8) is 0 Å². The third kappa shape index (κ3) is 4.49. The molecule has 0 saturated carbocycles. The van der Waals surface area contributed by atoms with Crippen LogP contribution >= 0.6 is 0 Å². The predicted octanol–water partition coefficient (Wildman–Crippen LogP) is 2.99. The highest BCUT2D eigenvalue weighted by Crippen LogP contribution is 2.35. The van der Waals surface area contributed by atoms with Gasteiger partial charge in [0.05, 0.1) is 12.1 Å². The molecule has 7 heteroatoms. The molecule has 0 saturated heterocycles. The molecule has 0 aliphatic rings. The Balaban J connectivity index is 1.88. The number of hydrogen-bond donors (Lipinski definition) is 2. The van der Waals surface area contributed by atoms with E-state index in [2.05, 4.69) is 15.3 Å². The summed E-state index contributed by atoms with van der Waals surface area (Å²) in [5.41, 5.74) is -0.761. The number of aromatic nitrogens is 2. The van der Waals surface area contributed by atoms with E-state index in [9.17, 15) is 13.2 Å². The summed E-state index contributed by atoms with van der Waals surface area (Å²) < 4.78 is 43.7. The van der Waals surface area contributed by atoms with Gasteiger partial charge in [-0.1, -0.05) is 12.1 Å². The maximum atomic E-state index is 12.8. The van der Waals surface area contributed by atoms with Crippen LogP contribution in [0.5, 0.6) is 5.75 Å². The number of halogens is 3. The van der Waals surface area contributed by atoms with Crippen LogP contribution in [0.25, 0.3) is 0 Å². The molecule has 2 N–H and O–H groups in total. The number of nitrogens with zero attached hydrogens (tertiary/aromatic N) is 1. The van der Waals surface area contributed by atoms with Gasteiger partial charge >= 0.3 is 6.18 Å². The molecule has 1 heterocycles. The van der Waals surface area contributed by atoms with Crippen LogP contribution in [0.15, 0.2) is 36.7 Å². The van der Waals surface area contributed by atoms with Gasteiger partial charge in [-0.25, -0.2) is 4.98 Å². The molecule has 21 heavy (non-hydrogen) atoms. The first-order chi connectivity index (χ1) is 9.97. The Hall–Kier alpha value is -2.02. The number of para-hydroxylation sites is 1. The summed E-state index contributed by atoms with van der Waals surface area (Å²) in [6, 6.07) is 5.08. The zero-order valence-electron chi connectivity index (χ0n) is 11.4. The molecule has 0 aliphatic heterocycles. The maximum Gasteiger partial charge on any atom is 0.419 e. The van der Waals surface area contributed by atoms with Crippen molar-refractivity contribution in [1.29, 1.82) is 0 Å². The molecule has 2 rings (SSSR count). The van der Waals surface area contributed by atoms with E-state index in [1.165, 1.54) is 18.2 Å². The number of aromatic amines is 1. The summed E-state index contributed by atoms with van der Waals surface area (Å²) in [5.74, 6) is 0.606. The van der Waals surface area contributed by atoms with Crippen molar-refractivity contribution in [1.82, 2.24) is 15.3 Å². The number of alkyl halides is 3. The standard InChI is InChI=1S/C14H16F3N3O/c1-10(20-8-13-18-6-7-19-13)9-21-12-5-3-2-4-11(12)14(15,16)17/h2-7,10,20H,8-9H2,1H3,(H,18,19). The number of ether oxygens (including phenoxy) is 1. The van der Waals surface area contributed by atoms with Gasteiger partial charge in [0, 0.05) is 18.4 Å². The Morgan fingerprint density at radius 1 is 1.33 bits per heavy atom. The van der Waals surface area contributed by atoms with Gasteiger partial charge in [0.2, 0.25) is 0 Å². The number of benzene rings is 1. The molecule has 1 unspecified atom stereocenters. The Morgan fingerprint density at radius 2 is 2.10 bits per heavy atom. The smallest absolute Gasteiger partial charge is 0.419 e. The van der Waals surface area contributed by atoms with E-state index in [0.29, 0.717) is 6.54 Å². The first-order valence-corrected chi connectivity index (χ1v) is 6.47.